The van der Waals surface area contributed by atoms with E-state index >= 15 is 0 Å². The van der Waals surface area contributed by atoms with Gasteiger partial charge in [-0.25, -0.2) is 0 Å². The third-order valence-electron chi connectivity index (χ3n) is 3.89. The van der Waals surface area contributed by atoms with Gasteiger partial charge in [-0.1, -0.05) is 22.9 Å². The van der Waals surface area contributed by atoms with Gasteiger partial charge in [-0.05, 0) is 37.0 Å². The van der Waals surface area contributed by atoms with E-state index in [9.17, 15) is 4.79 Å². The smallest absolute Gasteiger partial charge is 0.250 e. The zero-order chi connectivity index (χ0) is 14.0. The zero-order valence-corrected chi connectivity index (χ0v) is 12.7. The molecule has 1 aromatic carbocycles. The molecule has 2 atom stereocenters. The van der Waals surface area contributed by atoms with Gasteiger partial charge in [-0.3, -0.25) is 4.79 Å². The van der Waals surface area contributed by atoms with E-state index in [1.54, 1.807) is 6.07 Å². The fraction of sp³-hybridized carbons (Fsp3) is 0.500. The topological polar surface area (TPSA) is 72.3 Å². The molecule has 2 rings (SSSR count). The van der Waals surface area contributed by atoms with Crippen molar-refractivity contribution in [3.05, 3.63) is 28.2 Å². The summed E-state index contributed by atoms with van der Waals surface area (Å²) < 4.78 is 0.946. The molecule has 2 unspecified atom stereocenters. The van der Waals surface area contributed by atoms with Crippen molar-refractivity contribution in [2.45, 2.75) is 25.8 Å². The number of nitrogens with zero attached hydrogens (tertiary/aromatic N) is 1. The largest absolute Gasteiger partial charge is 0.366 e. The quantitative estimate of drug-likeness (QED) is 0.894. The van der Waals surface area contributed by atoms with Gasteiger partial charge in [0, 0.05) is 23.6 Å². The first-order chi connectivity index (χ1) is 9.04. The summed E-state index contributed by atoms with van der Waals surface area (Å²) in [5.41, 5.74) is 12.9. The van der Waals surface area contributed by atoms with E-state index in [2.05, 4.69) is 27.8 Å². The number of hydrogen-bond donors (Lipinski definition) is 2. The van der Waals surface area contributed by atoms with E-state index in [1.807, 2.05) is 12.1 Å². The van der Waals surface area contributed by atoms with Crippen molar-refractivity contribution in [3.8, 4) is 0 Å². The van der Waals surface area contributed by atoms with E-state index in [4.69, 9.17) is 11.5 Å². The number of amides is 1. The summed E-state index contributed by atoms with van der Waals surface area (Å²) in [7, 11) is 0. The highest BCUT2D eigenvalue weighted by Gasteiger charge is 2.29. The monoisotopic (exact) mass is 325 g/mol. The minimum atomic E-state index is -0.392. The van der Waals surface area contributed by atoms with Crippen LogP contribution in [0.25, 0.3) is 0 Å². The second kappa shape index (κ2) is 5.92. The van der Waals surface area contributed by atoms with Gasteiger partial charge < -0.3 is 16.4 Å². The number of halogens is 1. The molecule has 4 nitrogen and oxygen atoms in total. The van der Waals surface area contributed by atoms with Crippen molar-refractivity contribution in [2.24, 2.45) is 17.4 Å². The second-order valence-electron chi connectivity index (χ2n) is 5.14. The van der Waals surface area contributed by atoms with Gasteiger partial charge in [0.25, 0.3) is 5.91 Å². The summed E-state index contributed by atoms with van der Waals surface area (Å²) in [6.07, 6.45) is 2.29. The number of hydrogen-bond acceptors (Lipinski definition) is 3. The fourth-order valence-corrected chi connectivity index (χ4v) is 3.21. The Hall–Kier alpha value is -1.07. The molecule has 0 aliphatic carbocycles. The number of primary amides is 1. The highest BCUT2D eigenvalue weighted by Crippen LogP contribution is 2.32. The Balaban J connectivity index is 2.43. The summed E-state index contributed by atoms with van der Waals surface area (Å²) in [5, 5.41) is 0. The molecule has 19 heavy (non-hydrogen) atoms. The molecule has 4 N–H and O–H groups in total. The molecular formula is C14H20BrN3O. The van der Waals surface area contributed by atoms with Gasteiger partial charge in [0.05, 0.1) is 11.3 Å². The van der Waals surface area contributed by atoms with Crippen LogP contribution in [0.5, 0.6) is 0 Å². The number of anilines is 1. The summed E-state index contributed by atoms with van der Waals surface area (Å²) in [5.74, 6) is 0.134. The Morgan fingerprint density at radius 1 is 1.53 bits per heavy atom. The Morgan fingerprint density at radius 2 is 2.26 bits per heavy atom. The molecule has 1 aliphatic rings. The lowest BCUT2D eigenvalue weighted by Crippen LogP contribution is -2.49. The number of carbonyl (C=O) groups excluding carboxylic acids is 1. The molecule has 1 heterocycles. The SMILES string of the molecule is CC1CCCN(c2cc(Br)ccc2C(N)=O)C1CN. The van der Waals surface area contributed by atoms with E-state index < -0.39 is 5.91 Å². The van der Waals surface area contributed by atoms with Crippen molar-refractivity contribution >= 4 is 27.5 Å². The van der Waals surface area contributed by atoms with E-state index in [0.29, 0.717) is 18.0 Å². The van der Waals surface area contributed by atoms with Gasteiger partial charge in [0.1, 0.15) is 0 Å². The Kier molecular flexibility index (Phi) is 4.47. The summed E-state index contributed by atoms with van der Waals surface area (Å²) in [6.45, 7) is 3.72. The summed E-state index contributed by atoms with van der Waals surface area (Å²) in [6, 6.07) is 5.84. The molecule has 0 radical (unpaired) electrons. The Morgan fingerprint density at radius 3 is 2.89 bits per heavy atom. The van der Waals surface area contributed by atoms with Crippen molar-refractivity contribution < 1.29 is 4.79 Å². The predicted octanol–water partition coefficient (Wildman–Crippen LogP) is 2.11. The van der Waals surface area contributed by atoms with E-state index in [1.165, 1.54) is 6.42 Å². The molecule has 5 heteroatoms. The number of rotatable bonds is 3. The minimum absolute atomic E-state index is 0.265. The molecule has 0 aromatic heterocycles. The highest BCUT2D eigenvalue weighted by atomic mass is 79.9. The zero-order valence-electron chi connectivity index (χ0n) is 11.1. The van der Waals surface area contributed by atoms with Crippen LogP contribution in [-0.4, -0.2) is 25.0 Å². The Bertz CT molecular complexity index is 478. The van der Waals surface area contributed by atoms with E-state index in [0.717, 1.165) is 23.1 Å². The first kappa shape index (κ1) is 14.3. The number of piperidine rings is 1. The van der Waals surface area contributed by atoms with Crippen LogP contribution >= 0.6 is 15.9 Å². The van der Waals surface area contributed by atoms with Crippen LogP contribution < -0.4 is 16.4 Å². The van der Waals surface area contributed by atoms with Crippen LogP contribution in [0.3, 0.4) is 0 Å². The molecule has 1 aliphatic heterocycles. The molecule has 1 aromatic rings. The molecule has 1 amide bonds. The summed E-state index contributed by atoms with van der Waals surface area (Å²) in [4.78, 5) is 13.8. The average molecular weight is 326 g/mol. The van der Waals surface area contributed by atoms with Crippen molar-refractivity contribution in [1.82, 2.24) is 0 Å². The van der Waals surface area contributed by atoms with Crippen molar-refractivity contribution in [2.75, 3.05) is 18.0 Å². The van der Waals surface area contributed by atoms with Crippen LogP contribution in [0.1, 0.15) is 30.1 Å². The van der Waals surface area contributed by atoms with Gasteiger partial charge in [0.2, 0.25) is 0 Å². The molecule has 0 spiro atoms. The third kappa shape index (κ3) is 2.92. The van der Waals surface area contributed by atoms with Crippen molar-refractivity contribution in [3.63, 3.8) is 0 Å². The highest BCUT2D eigenvalue weighted by molar-refractivity contribution is 9.10. The molecule has 1 saturated heterocycles. The normalized spacial score (nSPS) is 23.4. The van der Waals surface area contributed by atoms with Gasteiger partial charge >= 0.3 is 0 Å². The van der Waals surface area contributed by atoms with Crippen LogP contribution in [0, 0.1) is 5.92 Å². The van der Waals surface area contributed by atoms with Gasteiger partial charge in [0.15, 0.2) is 0 Å². The number of carbonyl (C=O) groups is 1. The maximum atomic E-state index is 11.6. The fourth-order valence-electron chi connectivity index (χ4n) is 2.86. The molecule has 1 fully saturated rings. The lowest BCUT2D eigenvalue weighted by Gasteiger charge is -2.41. The molecule has 0 bridgehead atoms. The van der Waals surface area contributed by atoms with Crippen LogP contribution in [0.15, 0.2) is 22.7 Å². The van der Waals surface area contributed by atoms with Gasteiger partial charge in [-0.2, -0.15) is 0 Å². The Labute approximate surface area is 122 Å². The van der Waals surface area contributed by atoms with Crippen molar-refractivity contribution in [1.29, 1.82) is 0 Å². The molecule has 0 saturated carbocycles. The standard InChI is InChI=1S/C14H20BrN3O/c1-9-3-2-6-18(13(9)8-16)12-7-10(15)4-5-11(12)14(17)19/h4-5,7,9,13H,2-3,6,8,16H2,1H3,(H2,17,19). The second-order valence-corrected chi connectivity index (χ2v) is 6.06. The van der Waals surface area contributed by atoms with Gasteiger partial charge in [-0.15, -0.1) is 0 Å². The van der Waals surface area contributed by atoms with Crippen LogP contribution in [0.4, 0.5) is 5.69 Å². The predicted molar refractivity (Wildman–Crippen MR) is 81.2 cm³/mol. The minimum Gasteiger partial charge on any atom is -0.366 e. The first-order valence-corrected chi connectivity index (χ1v) is 7.40. The van der Waals surface area contributed by atoms with Crippen LogP contribution in [-0.2, 0) is 0 Å². The first-order valence-electron chi connectivity index (χ1n) is 6.60. The third-order valence-corrected chi connectivity index (χ3v) is 4.39. The molecular weight excluding hydrogens is 306 g/mol. The lowest BCUT2D eigenvalue weighted by atomic mass is 9.90. The number of nitrogens with two attached hydrogens (primary N) is 2. The summed E-state index contributed by atoms with van der Waals surface area (Å²) >= 11 is 3.46. The average Bonchev–Trinajstić information content (AvgIpc) is 2.37. The lowest BCUT2D eigenvalue weighted by molar-refractivity contribution is 0.100. The van der Waals surface area contributed by atoms with E-state index in [-0.39, 0.29) is 6.04 Å². The van der Waals surface area contributed by atoms with Crippen LogP contribution in [0.2, 0.25) is 0 Å². The maximum absolute atomic E-state index is 11.6. The number of benzene rings is 1. The molecule has 104 valence electrons. The maximum Gasteiger partial charge on any atom is 0.250 e.